The van der Waals surface area contributed by atoms with Gasteiger partial charge in [0.25, 0.3) is 0 Å². The summed E-state index contributed by atoms with van der Waals surface area (Å²) in [6.07, 6.45) is -0.519. The van der Waals surface area contributed by atoms with E-state index in [1.807, 2.05) is 38.1 Å². The molecule has 21 heavy (non-hydrogen) atoms. The van der Waals surface area contributed by atoms with Crippen molar-refractivity contribution in [2.24, 2.45) is 11.7 Å². The number of hydrogen-bond acceptors (Lipinski definition) is 3. The average Bonchev–Trinajstić information content (AvgIpc) is 2.39. The summed E-state index contributed by atoms with van der Waals surface area (Å²) in [5.74, 6) is -1.02. The van der Waals surface area contributed by atoms with Crippen molar-refractivity contribution in [3.05, 3.63) is 34.3 Å². The molecular weight excluding hydrogens is 336 g/mol. The Kier molecular flexibility index (Phi) is 6.84. The Hall–Kier alpha value is -1.40. The standard InChI is InChI=1S/C15H21BrN2O3/c1-9(2)7-13(19)15(21)18-12(14(17)20)8-10-5-3-4-6-11(10)16/h3-6,9,12-13,19H,7-8H2,1-2H3,(H2,17,20)(H,18,21)/t12-,13+/m1/s1. The Morgan fingerprint density at radius 1 is 1.33 bits per heavy atom. The van der Waals surface area contributed by atoms with Crippen LogP contribution in [0.15, 0.2) is 28.7 Å². The minimum Gasteiger partial charge on any atom is -0.383 e. The first-order valence-electron chi connectivity index (χ1n) is 6.82. The minimum absolute atomic E-state index is 0.182. The van der Waals surface area contributed by atoms with Gasteiger partial charge in [-0.25, -0.2) is 0 Å². The van der Waals surface area contributed by atoms with Gasteiger partial charge in [0.1, 0.15) is 12.1 Å². The second-order valence-electron chi connectivity index (χ2n) is 5.40. The molecule has 1 aromatic rings. The topological polar surface area (TPSA) is 92.4 Å². The summed E-state index contributed by atoms with van der Waals surface area (Å²) in [7, 11) is 0. The number of aliphatic hydroxyl groups is 1. The zero-order chi connectivity index (χ0) is 16.0. The van der Waals surface area contributed by atoms with Gasteiger partial charge in [-0.3, -0.25) is 9.59 Å². The number of nitrogens with two attached hydrogens (primary N) is 1. The molecule has 1 rings (SSSR count). The van der Waals surface area contributed by atoms with Crippen LogP contribution >= 0.6 is 15.9 Å². The minimum atomic E-state index is -1.13. The Morgan fingerprint density at radius 2 is 1.95 bits per heavy atom. The first kappa shape index (κ1) is 17.7. The predicted octanol–water partition coefficient (Wildman–Crippen LogP) is 1.37. The van der Waals surface area contributed by atoms with Crippen LogP contribution in [0.25, 0.3) is 0 Å². The van der Waals surface area contributed by atoms with Gasteiger partial charge in [-0.05, 0) is 24.0 Å². The van der Waals surface area contributed by atoms with E-state index in [9.17, 15) is 14.7 Å². The third-order valence-corrected chi connectivity index (χ3v) is 3.81. The zero-order valence-electron chi connectivity index (χ0n) is 12.2. The lowest BCUT2D eigenvalue weighted by Gasteiger charge is -2.19. The van der Waals surface area contributed by atoms with Crippen molar-refractivity contribution in [1.29, 1.82) is 0 Å². The molecule has 0 aliphatic heterocycles. The number of rotatable bonds is 7. The second-order valence-corrected chi connectivity index (χ2v) is 6.26. The van der Waals surface area contributed by atoms with Crippen molar-refractivity contribution >= 4 is 27.7 Å². The maximum absolute atomic E-state index is 11.9. The number of nitrogens with one attached hydrogen (secondary N) is 1. The average molecular weight is 357 g/mol. The number of carbonyl (C=O) groups is 2. The molecule has 0 heterocycles. The molecule has 0 unspecified atom stereocenters. The molecule has 0 bridgehead atoms. The number of amides is 2. The van der Waals surface area contributed by atoms with Crippen LogP contribution in [0.4, 0.5) is 0 Å². The van der Waals surface area contributed by atoms with Crippen LogP contribution < -0.4 is 11.1 Å². The summed E-state index contributed by atoms with van der Waals surface area (Å²) < 4.78 is 0.841. The van der Waals surface area contributed by atoms with E-state index in [1.165, 1.54) is 0 Å². The number of carbonyl (C=O) groups excluding carboxylic acids is 2. The van der Waals surface area contributed by atoms with E-state index in [2.05, 4.69) is 21.2 Å². The van der Waals surface area contributed by atoms with E-state index in [1.54, 1.807) is 0 Å². The van der Waals surface area contributed by atoms with Gasteiger partial charge < -0.3 is 16.2 Å². The summed E-state index contributed by atoms with van der Waals surface area (Å²) in [6.45, 7) is 3.81. The third kappa shape index (κ3) is 5.85. The van der Waals surface area contributed by atoms with Gasteiger partial charge in [-0.2, -0.15) is 0 Å². The van der Waals surface area contributed by atoms with E-state index in [4.69, 9.17) is 5.73 Å². The SMILES string of the molecule is CC(C)C[C@H](O)C(=O)N[C@H](Cc1ccccc1Br)C(N)=O. The highest BCUT2D eigenvalue weighted by Gasteiger charge is 2.24. The molecule has 4 N–H and O–H groups in total. The van der Waals surface area contributed by atoms with Gasteiger partial charge in [-0.15, -0.1) is 0 Å². The van der Waals surface area contributed by atoms with Crippen molar-refractivity contribution in [3.8, 4) is 0 Å². The maximum Gasteiger partial charge on any atom is 0.249 e. The molecule has 0 saturated carbocycles. The highest BCUT2D eigenvalue weighted by Crippen LogP contribution is 2.17. The van der Waals surface area contributed by atoms with Crippen LogP contribution in [0.1, 0.15) is 25.8 Å². The number of aliphatic hydroxyl groups excluding tert-OH is 1. The molecule has 2 atom stereocenters. The van der Waals surface area contributed by atoms with Gasteiger partial charge in [0, 0.05) is 10.9 Å². The van der Waals surface area contributed by atoms with Crippen LogP contribution in [-0.4, -0.2) is 29.1 Å². The quantitative estimate of drug-likeness (QED) is 0.688. The van der Waals surface area contributed by atoms with Crippen LogP contribution in [0.3, 0.4) is 0 Å². The van der Waals surface area contributed by atoms with E-state index in [0.717, 1.165) is 10.0 Å². The van der Waals surface area contributed by atoms with Crippen molar-refractivity contribution in [2.75, 3.05) is 0 Å². The van der Waals surface area contributed by atoms with Gasteiger partial charge in [-0.1, -0.05) is 48.0 Å². The van der Waals surface area contributed by atoms with Gasteiger partial charge in [0.2, 0.25) is 11.8 Å². The van der Waals surface area contributed by atoms with Gasteiger partial charge >= 0.3 is 0 Å². The van der Waals surface area contributed by atoms with E-state index < -0.39 is 24.0 Å². The molecule has 0 aromatic heterocycles. The molecule has 0 aliphatic rings. The molecule has 0 fully saturated rings. The van der Waals surface area contributed by atoms with Gasteiger partial charge in [0.05, 0.1) is 0 Å². The summed E-state index contributed by atoms with van der Waals surface area (Å²) in [5.41, 5.74) is 6.19. The number of benzene rings is 1. The highest BCUT2D eigenvalue weighted by atomic mass is 79.9. The Bertz CT molecular complexity index is 505. The fourth-order valence-electron chi connectivity index (χ4n) is 1.93. The number of halogens is 1. The maximum atomic E-state index is 11.9. The van der Waals surface area contributed by atoms with Crippen molar-refractivity contribution in [1.82, 2.24) is 5.32 Å². The van der Waals surface area contributed by atoms with Gasteiger partial charge in [0.15, 0.2) is 0 Å². The van der Waals surface area contributed by atoms with Crippen molar-refractivity contribution < 1.29 is 14.7 Å². The van der Waals surface area contributed by atoms with E-state index in [-0.39, 0.29) is 12.3 Å². The molecular formula is C15H21BrN2O3. The lowest BCUT2D eigenvalue weighted by Crippen LogP contribution is -2.49. The van der Waals surface area contributed by atoms with E-state index in [0.29, 0.717) is 6.42 Å². The summed E-state index contributed by atoms with van der Waals surface area (Å²) in [5, 5.41) is 12.3. The van der Waals surface area contributed by atoms with Crippen LogP contribution in [0, 0.1) is 5.92 Å². The smallest absolute Gasteiger partial charge is 0.249 e. The molecule has 0 aliphatic carbocycles. The zero-order valence-corrected chi connectivity index (χ0v) is 13.8. The molecule has 0 radical (unpaired) electrons. The summed E-state index contributed by atoms with van der Waals surface area (Å²) in [4.78, 5) is 23.4. The Morgan fingerprint density at radius 3 is 2.48 bits per heavy atom. The number of hydrogen-bond donors (Lipinski definition) is 3. The molecule has 1 aromatic carbocycles. The lowest BCUT2D eigenvalue weighted by molar-refractivity contribution is -0.133. The van der Waals surface area contributed by atoms with Crippen LogP contribution in [-0.2, 0) is 16.0 Å². The Labute approximate surface area is 133 Å². The first-order chi connectivity index (χ1) is 9.81. The summed E-state index contributed by atoms with van der Waals surface area (Å²) >= 11 is 3.39. The first-order valence-corrected chi connectivity index (χ1v) is 7.61. The largest absolute Gasteiger partial charge is 0.383 e. The molecule has 0 saturated heterocycles. The van der Waals surface area contributed by atoms with Crippen LogP contribution in [0.2, 0.25) is 0 Å². The Balaban J connectivity index is 2.73. The molecule has 0 spiro atoms. The molecule has 2 amide bonds. The van der Waals surface area contributed by atoms with E-state index >= 15 is 0 Å². The fraction of sp³-hybridized carbons (Fsp3) is 0.467. The predicted molar refractivity (Wildman–Crippen MR) is 84.4 cm³/mol. The fourth-order valence-corrected chi connectivity index (χ4v) is 2.37. The van der Waals surface area contributed by atoms with Crippen LogP contribution in [0.5, 0.6) is 0 Å². The second kappa shape index (κ2) is 8.14. The van der Waals surface area contributed by atoms with Crippen molar-refractivity contribution in [2.45, 2.75) is 38.8 Å². The normalized spacial score (nSPS) is 13.8. The third-order valence-electron chi connectivity index (χ3n) is 3.04. The number of primary amides is 1. The summed E-state index contributed by atoms with van der Waals surface area (Å²) in [6, 6.07) is 6.54. The molecule has 6 heteroatoms. The van der Waals surface area contributed by atoms with Crippen molar-refractivity contribution in [3.63, 3.8) is 0 Å². The lowest BCUT2D eigenvalue weighted by atomic mass is 10.0. The molecule has 5 nitrogen and oxygen atoms in total. The molecule has 116 valence electrons. The highest BCUT2D eigenvalue weighted by molar-refractivity contribution is 9.10. The monoisotopic (exact) mass is 356 g/mol.